The van der Waals surface area contributed by atoms with E-state index >= 15 is 0 Å². The van der Waals surface area contributed by atoms with Crippen LogP contribution in [0.5, 0.6) is 0 Å². The van der Waals surface area contributed by atoms with Crippen LogP contribution in [0.4, 0.5) is 0 Å². The molecule has 1 aromatic heterocycles. The molecule has 1 aliphatic heterocycles. The van der Waals surface area contributed by atoms with Gasteiger partial charge in [-0.3, -0.25) is 4.90 Å². The molecule has 3 rings (SSSR count). The van der Waals surface area contributed by atoms with Crippen LogP contribution in [0.25, 0.3) is 10.9 Å². The molecule has 0 atom stereocenters. The summed E-state index contributed by atoms with van der Waals surface area (Å²) in [5.41, 5.74) is 2.67. The van der Waals surface area contributed by atoms with Gasteiger partial charge in [-0.25, -0.2) is 0 Å². The number of benzene rings is 1. The minimum atomic E-state index is 0.195. The van der Waals surface area contributed by atoms with Crippen molar-refractivity contribution >= 4 is 10.9 Å². The maximum atomic E-state index is 9.10. The van der Waals surface area contributed by atoms with E-state index < -0.39 is 0 Å². The smallest absolute Gasteiger partial charge is 0.0956 e. The van der Waals surface area contributed by atoms with E-state index in [0.29, 0.717) is 5.92 Å². The summed E-state index contributed by atoms with van der Waals surface area (Å²) in [4.78, 5) is 5.45. The van der Waals surface area contributed by atoms with E-state index in [4.69, 9.17) is 5.11 Å². The number of aliphatic hydroxyl groups is 1. The third kappa shape index (κ3) is 1.96. The zero-order valence-corrected chi connectivity index (χ0v) is 9.89. The van der Waals surface area contributed by atoms with Crippen LogP contribution >= 0.6 is 0 Å². The van der Waals surface area contributed by atoms with Gasteiger partial charge in [-0.1, -0.05) is 18.2 Å². The highest BCUT2D eigenvalue weighted by molar-refractivity contribution is 5.83. The van der Waals surface area contributed by atoms with Crippen LogP contribution in [0.15, 0.2) is 30.5 Å². The van der Waals surface area contributed by atoms with Crippen molar-refractivity contribution in [1.29, 1.82) is 0 Å². The fourth-order valence-corrected chi connectivity index (χ4v) is 2.82. The number of nitrogens with zero attached hydrogens (tertiary/aromatic N) is 1. The number of aromatic nitrogens is 1. The molecule has 3 heteroatoms. The van der Waals surface area contributed by atoms with Crippen LogP contribution in [-0.2, 0) is 0 Å². The summed E-state index contributed by atoms with van der Waals surface area (Å²) in [5.74, 6) is 0.633. The monoisotopic (exact) mass is 230 g/mol. The molecule has 2 N–H and O–H groups in total. The van der Waals surface area contributed by atoms with Gasteiger partial charge in [0.05, 0.1) is 6.73 Å². The number of para-hydroxylation sites is 1. The lowest BCUT2D eigenvalue weighted by Crippen LogP contribution is -2.33. The maximum absolute atomic E-state index is 9.10. The first-order chi connectivity index (χ1) is 8.38. The van der Waals surface area contributed by atoms with Crippen molar-refractivity contribution in [2.75, 3.05) is 19.8 Å². The Morgan fingerprint density at radius 3 is 2.76 bits per heavy atom. The third-order valence-electron chi connectivity index (χ3n) is 3.85. The van der Waals surface area contributed by atoms with Crippen LogP contribution < -0.4 is 0 Å². The maximum Gasteiger partial charge on any atom is 0.0956 e. The molecule has 0 unspecified atom stereocenters. The first-order valence-electron chi connectivity index (χ1n) is 6.27. The van der Waals surface area contributed by atoms with E-state index in [2.05, 4.69) is 40.3 Å². The number of aromatic amines is 1. The lowest BCUT2D eigenvalue weighted by atomic mass is 9.89. The standard InChI is InChI=1S/C14H18N2O/c17-10-16-7-5-11(6-8-16)13-9-15-14-4-2-1-3-12(13)14/h1-4,9,11,15,17H,5-8,10H2. The number of hydrogen-bond donors (Lipinski definition) is 2. The van der Waals surface area contributed by atoms with Crippen molar-refractivity contribution in [3.05, 3.63) is 36.0 Å². The molecule has 0 bridgehead atoms. The SMILES string of the molecule is OCN1CCC(c2c[nH]c3ccccc23)CC1. The number of H-pyrrole nitrogens is 1. The highest BCUT2D eigenvalue weighted by atomic mass is 16.3. The highest BCUT2D eigenvalue weighted by Gasteiger charge is 2.21. The topological polar surface area (TPSA) is 39.3 Å². The normalized spacial score (nSPS) is 18.9. The van der Waals surface area contributed by atoms with E-state index in [1.807, 2.05) is 0 Å². The number of hydrogen-bond acceptors (Lipinski definition) is 2. The van der Waals surface area contributed by atoms with Crippen molar-refractivity contribution in [3.8, 4) is 0 Å². The summed E-state index contributed by atoms with van der Waals surface area (Å²) in [7, 11) is 0. The van der Waals surface area contributed by atoms with Gasteiger partial charge in [0.25, 0.3) is 0 Å². The molecule has 90 valence electrons. The summed E-state index contributed by atoms with van der Waals surface area (Å²) >= 11 is 0. The van der Waals surface area contributed by atoms with E-state index in [1.54, 1.807) is 0 Å². The Hall–Kier alpha value is -1.32. The van der Waals surface area contributed by atoms with Crippen molar-refractivity contribution in [3.63, 3.8) is 0 Å². The molecule has 2 aromatic rings. The summed E-state index contributed by atoms with van der Waals surface area (Å²) in [6, 6.07) is 8.49. The molecule has 1 aromatic carbocycles. The van der Waals surface area contributed by atoms with Gasteiger partial charge >= 0.3 is 0 Å². The number of fused-ring (bicyclic) bond motifs is 1. The molecule has 0 radical (unpaired) electrons. The quantitative estimate of drug-likeness (QED) is 0.831. The van der Waals surface area contributed by atoms with Gasteiger partial charge in [-0.05, 0) is 30.4 Å². The number of likely N-dealkylation sites (tertiary alicyclic amines) is 1. The number of aliphatic hydroxyl groups excluding tert-OH is 1. The molecule has 2 heterocycles. The molecule has 0 spiro atoms. The molecule has 1 saturated heterocycles. The van der Waals surface area contributed by atoms with Crippen LogP contribution in [0, 0.1) is 0 Å². The lowest BCUT2D eigenvalue weighted by molar-refractivity contribution is 0.0839. The molecule has 3 nitrogen and oxygen atoms in total. The Labute approximate surface area is 101 Å². The molecule has 0 amide bonds. The summed E-state index contributed by atoms with van der Waals surface area (Å²) in [5, 5.41) is 10.5. The Morgan fingerprint density at radius 1 is 1.24 bits per heavy atom. The Balaban J connectivity index is 1.85. The molecule has 1 aliphatic rings. The molecular weight excluding hydrogens is 212 g/mol. The Morgan fingerprint density at radius 2 is 2.00 bits per heavy atom. The second-order valence-electron chi connectivity index (χ2n) is 4.82. The summed E-state index contributed by atoms with van der Waals surface area (Å²) in [6.07, 6.45) is 4.44. The number of rotatable bonds is 2. The molecule has 0 saturated carbocycles. The van der Waals surface area contributed by atoms with Crippen LogP contribution in [0.1, 0.15) is 24.3 Å². The molecular formula is C14H18N2O. The van der Waals surface area contributed by atoms with Gasteiger partial charge in [0.1, 0.15) is 0 Å². The zero-order chi connectivity index (χ0) is 11.7. The average molecular weight is 230 g/mol. The lowest BCUT2D eigenvalue weighted by Gasteiger charge is -2.30. The predicted molar refractivity (Wildman–Crippen MR) is 68.9 cm³/mol. The summed E-state index contributed by atoms with van der Waals surface area (Å²) < 4.78 is 0. The van der Waals surface area contributed by atoms with Crippen molar-refractivity contribution in [1.82, 2.24) is 9.88 Å². The average Bonchev–Trinajstić information content (AvgIpc) is 2.83. The second-order valence-corrected chi connectivity index (χ2v) is 4.82. The van der Waals surface area contributed by atoms with Gasteiger partial charge in [-0.15, -0.1) is 0 Å². The van der Waals surface area contributed by atoms with Gasteiger partial charge < -0.3 is 10.1 Å². The molecule has 17 heavy (non-hydrogen) atoms. The fourth-order valence-electron chi connectivity index (χ4n) is 2.82. The van der Waals surface area contributed by atoms with Crippen LogP contribution in [0.2, 0.25) is 0 Å². The zero-order valence-electron chi connectivity index (χ0n) is 9.89. The number of nitrogens with one attached hydrogen (secondary N) is 1. The highest BCUT2D eigenvalue weighted by Crippen LogP contribution is 2.32. The number of piperidine rings is 1. The minimum Gasteiger partial charge on any atom is -0.381 e. The van der Waals surface area contributed by atoms with E-state index in [-0.39, 0.29) is 6.73 Å². The van der Waals surface area contributed by atoms with Crippen molar-refractivity contribution in [2.24, 2.45) is 0 Å². The Bertz CT molecular complexity index is 498. The Kier molecular flexibility index (Phi) is 2.87. The van der Waals surface area contributed by atoms with Gasteiger partial charge in [0.2, 0.25) is 0 Å². The van der Waals surface area contributed by atoms with Crippen LogP contribution in [-0.4, -0.2) is 34.8 Å². The fraction of sp³-hybridized carbons (Fsp3) is 0.429. The largest absolute Gasteiger partial charge is 0.381 e. The second kappa shape index (κ2) is 4.51. The van der Waals surface area contributed by atoms with Crippen LogP contribution in [0.3, 0.4) is 0 Å². The first-order valence-corrected chi connectivity index (χ1v) is 6.27. The predicted octanol–water partition coefficient (Wildman–Crippen LogP) is 2.30. The van der Waals surface area contributed by atoms with E-state index in [9.17, 15) is 0 Å². The van der Waals surface area contributed by atoms with Gasteiger partial charge in [0.15, 0.2) is 0 Å². The molecule has 1 fully saturated rings. The van der Waals surface area contributed by atoms with Crippen molar-refractivity contribution in [2.45, 2.75) is 18.8 Å². The third-order valence-corrected chi connectivity index (χ3v) is 3.85. The van der Waals surface area contributed by atoms with E-state index in [0.717, 1.165) is 25.9 Å². The van der Waals surface area contributed by atoms with Gasteiger partial charge in [-0.2, -0.15) is 0 Å². The van der Waals surface area contributed by atoms with Gasteiger partial charge in [0, 0.05) is 30.2 Å². The van der Waals surface area contributed by atoms with E-state index in [1.165, 1.54) is 16.5 Å². The minimum absolute atomic E-state index is 0.195. The molecule has 0 aliphatic carbocycles. The first kappa shape index (κ1) is 10.8. The van der Waals surface area contributed by atoms with Crippen molar-refractivity contribution < 1.29 is 5.11 Å². The summed E-state index contributed by atoms with van der Waals surface area (Å²) in [6.45, 7) is 2.20.